The molecule has 6 heteroatoms. The average Bonchev–Trinajstić information content (AvgIpc) is 3.07. The number of hydrogen-bond donors (Lipinski definition) is 1. The zero-order valence-electron chi connectivity index (χ0n) is 12.6. The number of aromatic nitrogens is 3. The smallest absolute Gasteiger partial charge is 0.228 e. The van der Waals surface area contributed by atoms with Crippen molar-refractivity contribution in [3.63, 3.8) is 0 Å². The number of carbonyl (C=O) groups excluding carboxylic acids is 1. The summed E-state index contributed by atoms with van der Waals surface area (Å²) in [7, 11) is 1.86. The van der Waals surface area contributed by atoms with Crippen LogP contribution in [0.25, 0.3) is 0 Å². The molecule has 1 amide bonds. The number of aryl methyl sites for hydroxylation is 1. The Labute approximate surface area is 129 Å². The molecule has 0 unspecified atom stereocenters. The van der Waals surface area contributed by atoms with Crippen LogP contribution in [0.15, 0.2) is 36.8 Å². The molecule has 1 fully saturated rings. The number of pyridine rings is 1. The van der Waals surface area contributed by atoms with Crippen LogP contribution in [0.2, 0.25) is 0 Å². The summed E-state index contributed by atoms with van der Waals surface area (Å²) < 4.78 is 1.73. The minimum absolute atomic E-state index is 0.0177. The molecule has 1 N–H and O–H groups in total. The van der Waals surface area contributed by atoms with Crippen molar-refractivity contribution in [3.8, 4) is 0 Å². The number of carbonyl (C=O) groups is 1. The van der Waals surface area contributed by atoms with E-state index in [1.54, 1.807) is 22.0 Å². The summed E-state index contributed by atoms with van der Waals surface area (Å²) in [5, 5.41) is 14.3. The van der Waals surface area contributed by atoms with Gasteiger partial charge in [-0.1, -0.05) is 6.07 Å². The second-order valence-electron chi connectivity index (χ2n) is 5.73. The van der Waals surface area contributed by atoms with Gasteiger partial charge in [0, 0.05) is 31.7 Å². The second kappa shape index (κ2) is 6.27. The summed E-state index contributed by atoms with van der Waals surface area (Å²) in [4.78, 5) is 18.5. The summed E-state index contributed by atoms with van der Waals surface area (Å²) in [5.74, 6) is 0.0177. The highest BCUT2D eigenvalue weighted by molar-refractivity contribution is 5.79. The second-order valence-corrected chi connectivity index (χ2v) is 5.73. The monoisotopic (exact) mass is 300 g/mol. The third-order valence-corrected chi connectivity index (χ3v) is 4.09. The Bertz CT molecular complexity index is 641. The van der Waals surface area contributed by atoms with E-state index in [0.29, 0.717) is 19.4 Å². The van der Waals surface area contributed by atoms with E-state index in [9.17, 15) is 9.90 Å². The SMILES string of the molecule is Cn1cc(C[C@H]2[C@@H](O)CCN2C(=O)Cc2ccccn2)cn1. The number of aliphatic hydroxyl groups excluding tert-OH is 1. The first-order valence-corrected chi connectivity index (χ1v) is 7.48. The Morgan fingerprint density at radius 2 is 2.32 bits per heavy atom. The predicted molar refractivity (Wildman–Crippen MR) is 81.0 cm³/mol. The number of likely N-dealkylation sites (tertiary alicyclic amines) is 1. The lowest BCUT2D eigenvalue weighted by molar-refractivity contribution is -0.132. The lowest BCUT2D eigenvalue weighted by atomic mass is 10.0. The quantitative estimate of drug-likeness (QED) is 0.896. The molecule has 1 aliphatic heterocycles. The first-order valence-electron chi connectivity index (χ1n) is 7.48. The Hall–Kier alpha value is -2.21. The standard InChI is InChI=1S/C16H20N4O2/c1-19-11-12(10-18-19)8-14-15(21)5-7-20(14)16(22)9-13-4-2-3-6-17-13/h2-4,6,10-11,14-15,21H,5,7-9H2,1H3/t14-,15-/m0/s1. The molecule has 0 aromatic carbocycles. The summed E-state index contributed by atoms with van der Waals surface area (Å²) in [6, 6.07) is 5.38. The summed E-state index contributed by atoms with van der Waals surface area (Å²) in [6.45, 7) is 0.595. The molecule has 3 rings (SSSR count). The maximum Gasteiger partial charge on any atom is 0.228 e. The zero-order chi connectivity index (χ0) is 15.5. The molecule has 1 saturated heterocycles. The largest absolute Gasteiger partial charge is 0.391 e. The number of rotatable bonds is 4. The number of aliphatic hydroxyl groups is 1. The molecule has 2 aromatic heterocycles. The maximum atomic E-state index is 12.5. The fourth-order valence-corrected chi connectivity index (χ4v) is 2.97. The van der Waals surface area contributed by atoms with Crippen LogP contribution in [0.4, 0.5) is 0 Å². The van der Waals surface area contributed by atoms with E-state index < -0.39 is 6.10 Å². The van der Waals surface area contributed by atoms with Gasteiger partial charge in [-0.2, -0.15) is 5.10 Å². The van der Waals surface area contributed by atoms with Crippen molar-refractivity contribution in [1.82, 2.24) is 19.7 Å². The van der Waals surface area contributed by atoms with E-state index in [1.807, 2.05) is 31.4 Å². The highest BCUT2D eigenvalue weighted by Crippen LogP contribution is 2.22. The van der Waals surface area contributed by atoms with E-state index in [2.05, 4.69) is 10.1 Å². The highest BCUT2D eigenvalue weighted by atomic mass is 16.3. The van der Waals surface area contributed by atoms with Crippen LogP contribution in [0, 0.1) is 0 Å². The van der Waals surface area contributed by atoms with Crippen LogP contribution in [-0.4, -0.2) is 49.4 Å². The molecular formula is C16H20N4O2. The van der Waals surface area contributed by atoms with Gasteiger partial charge in [0.05, 0.1) is 24.8 Å². The van der Waals surface area contributed by atoms with Crippen LogP contribution >= 0.6 is 0 Å². The van der Waals surface area contributed by atoms with Crippen LogP contribution in [-0.2, 0) is 24.7 Å². The van der Waals surface area contributed by atoms with Crippen molar-refractivity contribution in [2.45, 2.75) is 31.4 Å². The van der Waals surface area contributed by atoms with E-state index in [-0.39, 0.29) is 18.4 Å². The maximum absolute atomic E-state index is 12.5. The van der Waals surface area contributed by atoms with Gasteiger partial charge in [-0.15, -0.1) is 0 Å². The molecule has 0 saturated carbocycles. The third kappa shape index (κ3) is 3.17. The number of hydrogen-bond acceptors (Lipinski definition) is 4. The van der Waals surface area contributed by atoms with E-state index in [1.165, 1.54) is 0 Å². The Morgan fingerprint density at radius 3 is 3.00 bits per heavy atom. The van der Waals surface area contributed by atoms with Crippen LogP contribution in [0.1, 0.15) is 17.7 Å². The molecule has 2 atom stereocenters. The zero-order valence-corrected chi connectivity index (χ0v) is 12.6. The molecule has 0 spiro atoms. The van der Waals surface area contributed by atoms with Gasteiger partial charge in [0.1, 0.15) is 0 Å². The van der Waals surface area contributed by atoms with Crippen molar-refractivity contribution in [2.24, 2.45) is 7.05 Å². The fourth-order valence-electron chi connectivity index (χ4n) is 2.97. The first-order chi connectivity index (χ1) is 10.6. The minimum Gasteiger partial charge on any atom is -0.391 e. The molecule has 2 aromatic rings. The lowest BCUT2D eigenvalue weighted by Crippen LogP contribution is -2.41. The van der Waals surface area contributed by atoms with Gasteiger partial charge in [0.15, 0.2) is 0 Å². The molecule has 6 nitrogen and oxygen atoms in total. The van der Waals surface area contributed by atoms with Crippen LogP contribution < -0.4 is 0 Å². The normalized spacial score (nSPS) is 21.3. The van der Waals surface area contributed by atoms with Crippen molar-refractivity contribution >= 4 is 5.91 Å². The third-order valence-electron chi connectivity index (χ3n) is 4.09. The molecule has 3 heterocycles. The molecular weight excluding hydrogens is 280 g/mol. The molecule has 22 heavy (non-hydrogen) atoms. The van der Waals surface area contributed by atoms with E-state index in [4.69, 9.17) is 0 Å². The van der Waals surface area contributed by atoms with Gasteiger partial charge in [0.2, 0.25) is 5.91 Å². The Kier molecular flexibility index (Phi) is 4.20. The number of amides is 1. The van der Waals surface area contributed by atoms with Gasteiger partial charge in [-0.3, -0.25) is 14.5 Å². The minimum atomic E-state index is -0.479. The molecule has 0 bridgehead atoms. The fraction of sp³-hybridized carbons (Fsp3) is 0.438. The Balaban J connectivity index is 1.69. The van der Waals surface area contributed by atoms with Gasteiger partial charge in [-0.25, -0.2) is 0 Å². The first kappa shape index (κ1) is 14.7. The highest BCUT2D eigenvalue weighted by Gasteiger charge is 2.36. The number of nitrogens with zero attached hydrogens (tertiary/aromatic N) is 4. The Morgan fingerprint density at radius 1 is 1.45 bits per heavy atom. The van der Waals surface area contributed by atoms with Gasteiger partial charge in [0.25, 0.3) is 0 Å². The van der Waals surface area contributed by atoms with Crippen molar-refractivity contribution < 1.29 is 9.90 Å². The van der Waals surface area contributed by atoms with E-state index >= 15 is 0 Å². The average molecular weight is 300 g/mol. The van der Waals surface area contributed by atoms with Gasteiger partial charge in [-0.05, 0) is 30.5 Å². The summed E-state index contributed by atoms with van der Waals surface area (Å²) >= 11 is 0. The van der Waals surface area contributed by atoms with Gasteiger partial charge < -0.3 is 10.0 Å². The summed E-state index contributed by atoms with van der Waals surface area (Å²) in [5.41, 5.74) is 1.79. The lowest BCUT2D eigenvalue weighted by Gasteiger charge is -2.26. The van der Waals surface area contributed by atoms with E-state index in [0.717, 1.165) is 11.3 Å². The van der Waals surface area contributed by atoms with Crippen molar-refractivity contribution in [3.05, 3.63) is 48.0 Å². The molecule has 0 aliphatic carbocycles. The topological polar surface area (TPSA) is 71.2 Å². The summed E-state index contributed by atoms with van der Waals surface area (Å²) in [6.07, 6.45) is 6.44. The van der Waals surface area contributed by atoms with Crippen LogP contribution in [0.5, 0.6) is 0 Å². The van der Waals surface area contributed by atoms with Crippen molar-refractivity contribution in [2.75, 3.05) is 6.54 Å². The van der Waals surface area contributed by atoms with Crippen molar-refractivity contribution in [1.29, 1.82) is 0 Å². The van der Waals surface area contributed by atoms with Crippen LogP contribution in [0.3, 0.4) is 0 Å². The molecule has 0 radical (unpaired) electrons. The van der Waals surface area contributed by atoms with Gasteiger partial charge >= 0.3 is 0 Å². The molecule has 1 aliphatic rings. The molecule has 116 valence electrons. The predicted octanol–water partition coefficient (Wildman–Crippen LogP) is 0.562.